The van der Waals surface area contributed by atoms with E-state index in [1.54, 1.807) is 24.4 Å². The summed E-state index contributed by atoms with van der Waals surface area (Å²) in [4.78, 5) is 4.00. The molecule has 0 fully saturated rings. The number of aromatic hydroxyl groups is 1. The summed E-state index contributed by atoms with van der Waals surface area (Å²) in [6, 6.07) is 10.6. The van der Waals surface area contributed by atoms with Crippen molar-refractivity contribution >= 4 is 11.5 Å². The van der Waals surface area contributed by atoms with Gasteiger partial charge in [-0.15, -0.1) is 0 Å². The highest BCUT2D eigenvalue weighted by molar-refractivity contribution is 5.46. The summed E-state index contributed by atoms with van der Waals surface area (Å²) in [5.41, 5.74) is 7.50. The van der Waals surface area contributed by atoms with Gasteiger partial charge >= 0.3 is 0 Å². The lowest BCUT2D eigenvalue weighted by Gasteiger charge is -2.06. The van der Waals surface area contributed by atoms with Gasteiger partial charge in [0.25, 0.3) is 0 Å². The molecule has 0 bridgehead atoms. The normalized spacial score (nSPS) is 10.0. The number of hydrogen-bond donors (Lipinski definition) is 3. The fourth-order valence-electron chi connectivity index (χ4n) is 1.32. The lowest BCUT2D eigenvalue weighted by atomic mass is 10.2. The number of phenols is 1. The maximum absolute atomic E-state index is 9.12. The molecular formula is C12H13N3O. The lowest BCUT2D eigenvalue weighted by Crippen LogP contribution is -2.00. The molecule has 2 aromatic rings. The summed E-state index contributed by atoms with van der Waals surface area (Å²) in [5.74, 6) is 0.785. The van der Waals surface area contributed by atoms with Crippen LogP contribution in [0.1, 0.15) is 5.56 Å². The molecule has 0 amide bonds. The zero-order chi connectivity index (χ0) is 11.4. The fourth-order valence-corrected chi connectivity index (χ4v) is 1.32. The number of rotatable bonds is 3. The van der Waals surface area contributed by atoms with Gasteiger partial charge in [-0.3, -0.25) is 0 Å². The highest BCUT2D eigenvalue weighted by Gasteiger charge is 1.95. The maximum atomic E-state index is 9.12. The molecule has 0 saturated carbocycles. The molecule has 0 unspecified atom stereocenters. The number of anilines is 2. The van der Waals surface area contributed by atoms with Crippen LogP contribution in [0.25, 0.3) is 0 Å². The van der Waals surface area contributed by atoms with Crippen LogP contribution in [0.2, 0.25) is 0 Å². The van der Waals surface area contributed by atoms with Gasteiger partial charge in [-0.25, -0.2) is 4.98 Å². The molecule has 0 aliphatic carbocycles. The second kappa shape index (κ2) is 4.53. The molecule has 4 nitrogen and oxygen atoms in total. The van der Waals surface area contributed by atoms with Crippen molar-refractivity contribution in [3.8, 4) is 5.75 Å². The van der Waals surface area contributed by atoms with Crippen molar-refractivity contribution in [1.82, 2.24) is 4.98 Å². The van der Waals surface area contributed by atoms with Crippen LogP contribution in [0.4, 0.5) is 11.5 Å². The third-order valence-electron chi connectivity index (χ3n) is 2.21. The Labute approximate surface area is 93.8 Å². The van der Waals surface area contributed by atoms with Crippen molar-refractivity contribution in [1.29, 1.82) is 0 Å². The number of phenolic OH excluding ortho intramolecular Hbond substituents is 1. The zero-order valence-electron chi connectivity index (χ0n) is 8.72. The molecule has 2 rings (SSSR count). The Morgan fingerprint density at radius 2 is 1.88 bits per heavy atom. The minimum Gasteiger partial charge on any atom is -0.508 e. The maximum Gasteiger partial charge on any atom is 0.123 e. The van der Waals surface area contributed by atoms with Gasteiger partial charge in [-0.05, 0) is 35.9 Å². The summed E-state index contributed by atoms with van der Waals surface area (Å²) >= 11 is 0. The molecule has 0 atom stereocenters. The van der Waals surface area contributed by atoms with Crippen LogP contribution in [0.15, 0.2) is 42.6 Å². The van der Waals surface area contributed by atoms with E-state index in [0.29, 0.717) is 12.4 Å². The highest BCUT2D eigenvalue weighted by Crippen LogP contribution is 2.14. The van der Waals surface area contributed by atoms with Crippen LogP contribution in [0.5, 0.6) is 5.75 Å². The number of hydrogen-bond acceptors (Lipinski definition) is 4. The van der Waals surface area contributed by atoms with Crippen molar-refractivity contribution in [2.75, 3.05) is 11.1 Å². The van der Waals surface area contributed by atoms with Gasteiger partial charge in [0.05, 0.1) is 0 Å². The standard InChI is InChI=1S/C12H13N3O/c13-12-6-1-9(8-15-12)7-14-10-2-4-11(16)5-3-10/h1-6,8,14,16H,7H2,(H2,13,15). The second-order valence-corrected chi connectivity index (χ2v) is 3.49. The first-order valence-electron chi connectivity index (χ1n) is 4.97. The predicted molar refractivity (Wildman–Crippen MR) is 64.1 cm³/mol. The molecule has 0 aliphatic heterocycles. The van der Waals surface area contributed by atoms with Crippen LogP contribution in [0, 0.1) is 0 Å². The second-order valence-electron chi connectivity index (χ2n) is 3.49. The molecule has 1 aromatic heterocycles. The van der Waals surface area contributed by atoms with Gasteiger partial charge in [0, 0.05) is 18.4 Å². The highest BCUT2D eigenvalue weighted by atomic mass is 16.3. The SMILES string of the molecule is Nc1ccc(CNc2ccc(O)cc2)cn1. The number of aromatic nitrogens is 1. The Kier molecular flexibility index (Phi) is 2.91. The molecule has 0 aliphatic rings. The zero-order valence-corrected chi connectivity index (χ0v) is 8.72. The topological polar surface area (TPSA) is 71.2 Å². The molecule has 4 heteroatoms. The molecule has 1 heterocycles. The fraction of sp³-hybridized carbons (Fsp3) is 0.0833. The average molecular weight is 215 g/mol. The third-order valence-corrected chi connectivity index (χ3v) is 2.21. The monoisotopic (exact) mass is 215 g/mol. The number of nitrogen functional groups attached to an aromatic ring is 1. The van der Waals surface area contributed by atoms with E-state index in [1.165, 1.54) is 0 Å². The summed E-state index contributed by atoms with van der Waals surface area (Å²) in [6.07, 6.45) is 1.74. The van der Waals surface area contributed by atoms with Crippen molar-refractivity contribution < 1.29 is 5.11 Å². The van der Waals surface area contributed by atoms with Gasteiger partial charge in [0.1, 0.15) is 11.6 Å². The minimum absolute atomic E-state index is 0.264. The van der Waals surface area contributed by atoms with Crippen LogP contribution >= 0.6 is 0 Å². The summed E-state index contributed by atoms with van der Waals surface area (Å²) in [5, 5.41) is 12.3. The molecular weight excluding hydrogens is 202 g/mol. The van der Waals surface area contributed by atoms with E-state index in [4.69, 9.17) is 10.8 Å². The van der Waals surface area contributed by atoms with E-state index < -0.39 is 0 Å². The number of pyridine rings is 1. The average Bonchev–Trinajstić information content (AvgIpc) is 2.30. The summed E-state index contributed by atoms with van der Waals surface area (Å²) in [7, 11) is 0. The molecule has 0 spiro atoms. The van der Waals surface area contributed by atoms with E-state index in [1.807, 2.05) is 18.2 Å². The molecule has 16 heavy (non-hydrogen) atoms. The Balaban J connectivity index is 1.97. The van der Waals surface area contributed by atoms with Crippen LogP contribution in [0.3, 0.4) is 0 Å². The van der Waals surface area contributed by atoms with Crippen molar-refractivity contribution in [2.24, 2.45) is 0 Å². The summed E-state index contributed by atoms with van der Waals surface area (Å²) < 4.78 is 0. The quantitative estimate of drug-likeness (QED) is 0.685. The molecule has 0 saturated heterocycles. The molecule has 0 radical (unpaired) electrons. The van der Waals surface area contributed by atoms with E-state index >= 15 is 0 Å². The largest absolute Gasteiger partial charge is 0.508 e. The predicted octanol–water partition coefficient (Wildman–Crippen LogP) is 1.98. The number of nitrogens with one attached hydrogen (secondary N) is 1. The Hall–Kier alpha value is -2.23. The van der Waals surface area contributed by atoms with Gasteiger partial charge < -0.3 is 16.2 Å². The van der Waals surface area contributed by atoms with Crippen molar-refractivity contribution in [3.63, 3.8) is 0 Å². The van der Waals surface area contributed by atoms with E-state index in [0.717, 1.165) is 11.3 Å². The Bertz CT molecular complexity index is 405. The van der Waals surface area contributed by atoms with Gasteiger partial charge in [0.2, 0.25) is 0 Å². The van der Waals surface area contributed by atoms with E-state index in [2.05, 4.69) is 10.3 Å². The molecule has 82 valence electrons. The number of nitrogens with zero attached hydrogens (tertiary/aromatic N) is 1. The molecule has 1 aromatic carbocycles. The summed E-state index contributed by atoms with van der Waals surface area (Å²) in [6.45, 7) is 0.679. The van der Waals surface area contributed by atoms with Gasteiger partial charge in [-0.1, -0.05) is 6.07 Å². The molecule has 4 N–H and O–H groups in total. The van der Waals surface area contributed by atoms with E-state index in [-0.39, 0.29) is 5.75 Å². The van der Waals surface area contributed by atoms with Crippen LogP contribution in [-0.4, -0.2) is 10.1 Å². The van der Waals surface area contributed by atoms with Crippen molar-refractivity contribution in [2.45, 2.75) is 6.54 Å². The van der Waals surface area contributed by atoms with Crippen LogP contribution < -0.4 is 11.1 Å². The Morgan fingerprint density at radius 1 is 1.12 bits per heavy atom. The van der Waals surface area contributed by atoms with Crippen molar-refractivity contribution in [3.05, 3.63) is 48.2 Å². The van der Waals surface area contributed by atoms with Crippen LogP contribution in [-0.2, 0) is 6.54 Å². The first kappa shape index (κ1) is 10.3. The van der Waals surface area contributed by atoms with Gasteiger partial charge in [0.15, 0.2) is 0 Å². The van der Waals surface area contributed by atoms with E-state index in [9.17, 15) is 0 Å². The minimum atomic E-state index is 0.264. The first-order valence-corrected chi connectivity index (χ1v) is 4.97. The number of benzene rings is 1. The third kappa shape index (κ3) is 2.63. The van der Waals surface area contributed by atoms with Gasteiger partial charge in [-0.2, -0.15) is 0 Å². The number of nitrogens with two attached hydrogens (primary N) is 1. The lowest BCUT2D eigenvalue weighted by molar-refractivity contribution is 0.475. The first-order chi connectivity index (χ1) is 7.74. The smallest absolute Gasteiger partial charge is 0.123 e. The Morgan fingerprint density at radius 3 is 2.50 bits per heavy atom.